The molecule has 1 atom stereocenters. The molecule has 1 N–H and O–H groups in total. The van der Waals surface area contributed by atoms with Crippen molar-refractivity contribution < 1.29 is 4.79 Å². The number of fused-ring (bicyclic) bond motifs is 2. The van der Waals surface area contributed by atoms with Crippen molar-refractivity contribution in [1.82, 2.24) is 14.5 Å². The topological polar surface area (TPSA) is 73.1 Å². The Bertz CT molecular complexity index is 1490. The second kappa shape index (κ2) is 9.31. The van der Waals surface area contributed by atoms with Gasteiger partial charge in [0.2, 0.25) is 5.91 Å². The van der Waals surface area contributed by atoms with Crippen LogP contribution in [-0.2, 0) is 24.3 Å². The van der Waals surface area contributed by atoms with E-state index >= 15 is 0 Å². The van der Waals surface area contributed by atoms with Crippen molar-refractivity contribution in [3.8, 4) is 0 Å². The molecule has 172 valence electrons. The van der Waals surface area contributed by atoms with Gasteiger partial charge >= 0.3 is 11.1 Å². The fraction of sp³-hybridized carbons (Fsp3) is 0.222. The molecular weight excluding hydrogens is 450 g/mol. The number of benzene rings is 3. The van der Waals surface area contributed by atoms with E-state index in [-0.39, 0.29) is 25.0 Å². The van der Waals surface area contributed by atoms with Crippen molar-refractivity contribution in [2.75, 3.05) is 0 Å². The molecule has 7 heteroatoms. The third kappa shape index (κ3) is 4.29. The van der Waals surface area contributed by atoms with Gasteiger partial charge in [0.15, 0.2) is 0 Å². The molecule has 6 nitrogen and oxygen atoms in total. The molecule has 1 aromatic heterocycles. The number of para-hydroxylation sites is 2. The summed E-state index contributed by atoms with van der Waals surface area (Å²) in [6.45, 7) is 0.0205. The lowest BCUT2D eigenvalue weighted by molar-refractivity contribution is -0.122. The van der Waals surface area contributed by atoms with Crippen LogP contribution in [-0.4, -0.2) is 15.0 Å². The molecule has 0 fully saturated rings. The van der Waals surface area contributed by atoms with E-state index in [1.165, 1.54) is 14.7 Å². The van der Waals surface area contributed by atoms with E-state index in [1.54, 1.807) is 30.3 Å². The van der Waals surface area contributed by atoms with Gasteiger partial charge in [0.05, 0.1) is 23.6 Å². The lowest BCUT2D eigenvalue weighted by Gasteiger charge is -2.26. The van der Waals surface area contributed by atoms with Crippen LogP contribution in [0.15, 0.2) is 82.4 Å². The third-order valence-electron chi connectivity index (χ3n) is 6.40. The summed E-state index contributed by atoms with van der Waals surface area (Å²) in [6.07, 6.45) is 2.84. The summed E-state index contributed by atoms with van der Waals surface area (Å²) in [6, 6.07) is 22.3. The Morgan fingerprint density at radius 3 is 2.29 bits per heavy atom. The molecule has 0 saturated carbocycles. The van der Waals surface area contributed by atoms with Crippen molar-refractivity contribution in [3.63, 3.8) is 0 Å². The molecule has 0 bridgehead atoms. The zero-order valence-corrected chi connectivity index (χ0v) is 19.3. The largest absolute Gasteiger partial charge is 0.348 e. The molecule has 4 aromatic rings. The molecular formula is C27H24ClN3O3. The number of nitrogens with one attached hydrogen (secondary N) is 1. The summed E-state index contributed by atoms with van der Waals surface area (Å²) < 4.78 is 2.73. The minimum atomic E-state index is -0.716. The highest BCUT2D eigenvalue weighted by Gasteiger charge is 2.22. The lowest BCUT2D eigenvalue weighted by atomic mass is 9.88. The fourth-order valence-electron chi connectivity index (χ4n) is 4.74. The normalized spacial score (nSPS) is 15.1. The Morgan fingerprint density at radius 2 is 1.53 bits per heavy atom. The van der Waals surface area contributed by atoms with E-state index in [4.69, 9.17) is 11.6 Å². The van der Waals surface area contributed by atoms with Crippen molar-refractivity contribution in [1.29, 1.82) is 0 Å². The summed E-state index contributed by atoms with van der Waals surface area (Å²) in [5, 5.41) is 3.67. The molecule has 0 aliphatic heterocycles. The minimum absolute atomic E-state index is 0.0929. The van der Waals surface area contributed by atoms with Gasteiger partial charge in [0, 0.05) is 5.02 Å². The van der Waals surface area contributed by atoms with Gasteiger partial charge in [0.1, 0.15) is 6.54 Å². The SMILES string of the molecule is O=C(Cn1c(=O)c(=O)n(Cc2ccc(Cl)cc2)c2ccccc21)N[C@@H]1CCCc2ccccc21. The summed E-state index contributed by atoms with van der Waals surface area (Å²) in [5.74, 6) is -0.288. The van der Waals surface area contributed by atoms with Crippen molar-refractivity contribution in [2.24, 2.45) is 0 Å². The van der Waals surface area contributed by atoms with Gasteiger partial charge in [0.25, 0.3) is 0 Å². The van der Waals surface area contributed by atoms with Crippen molar-refractivity contribution in [2.45, 2.75) is 38.4 Å². The van der Waals surface area contributed by atoms with Gasteiger partial charge in [-0.1, -0.05) is 60.1 Å². The van der Waals surface area contributed by atoms with Gasteiger partial charge in [-0.05, 0) is 60.2 Å². The van der Waals surface area contributed by atoms with Crippen LogP contribution in [0.25, 0.3) is 11.0 Å². The standard InChI is InChI=1S/C27H24ClN3O3/c28-20-14-12-18(13-15-20)16-30-23-10-3-4-11-24(23)31(27(34)26(30)33)17-25(32)29-22-9-5-7-19-6-1-2-8-21(19)22/h1-4,6,8,10-15,22H,5,7,9,16-17H2,(H,29,32)/t22-/m1/s1. The molecule has 34 heavy (non-hydrogen) atoms. The number of carbonyl (C=O) groups excluding carboxylic acids is 1. The first kappa shape index (κ1) is 22.2. The number of halogens is 1. The predicted octanol–water partition coefficient (Wildman–Crippen LogP) is 4.06. The maximum Gasteiger partial charge on any atom is 0.317 e. The van der Waals surface area contributed by atoms with Crippen LogP contribution in [0.4, 0.5) is 0 Å². The monoisotopic (exact) mass is 473 g/mol. The highest BCUT2D eigenvalue weighted by Crippen LogP contribution is 2.29. The molecule has 0 saturated heterocycles. The Hall–Kier alpha value is -3.64. The van der Waals surface area contributed by atoms with Gasteiger partial charge in [-0.25, -0.2) is 0 Å². The van der Waals surface area contributed by atoms with E-state index in [1.807, 2.05) is 36.4 Å². The van der Waals surface area contributed by atoms with Crippen LogP contribution < -0.4 is 16.4 Å². The zero-order chi connectivity index (χ0) is 23.7. The number of hydrogen-bond acceptors (Lipinski definition) is 3. The Labute approximate surface area is 201 Å². The first-order valence-electron chi connectivity index (χ1n) is 11.4. The summed E-state index contributed by atoms with van der Waals surface area (Å²) in [5.41, 5.74) is 2.97. The highest BCUT2D eigenvalue weighted by molar-refractivity contribution is 6.30. The number of aryl methyl sites for hydroxylation is 1. The summed E-state index contributed by atoms with van der Waals surface area (Å²) in [4.78, 5) is 39.2. The molecule has 0 radical (unpaired) electrons. The van der Waals surface area contributed by atoms with Gasteiger partial charge in [-0.15, -0.1) is 0 Å². The van der Waals surface area contributed by atoms with Crippen LogP contribution in [0.3, 0.4) is 0 Å². The average Bonchev–Trinajstić information content (AvgIpc) is 2.86. The first-order valence-corrected chi connectivity index (χ1v) is 11.7. The van der Waals surface area contributed by atoms with E-state index in [9.17, 15) is 14.4 Å². The summed E-state index contributed by atoms with van der Waals surface area (Å²) >= 11 is 5.97. The minimum Gasteiger partial charge on any atom is -0.348 e. The summed E-state index contributed by atoms with van der Waals surface area (Å²) in [7, 11) is 0. The Kier molecular flexibility index (Phi) is 6.07. The van der Waals surface area contributed by atoms with Gasteiger partial charge in [-0.2, -0.15) is 0 Å². The van der Waals surface area contributed by atoms with Crippen molar-refractivity contribution in [3.05, 3.63) is 115 Å². The predicted molar refractivity (Wildman–Crippen MR) is 133 cm³/mol. The number of amides is 1. The van der Waals surface area contributed by atoms with Gasteiger partial charge in [-0.3, -0.25) is 23.5 Å². The van der Waals surface area contributed by atoms with E-state index in [2.05, 4.69) is 11.4 Å². The molecule has 5 rings (SSSR count). The van der Waals surface area contributed by atoms with Crippen LogP contribution in [0.2, 0.25) is 5.02 Å². The van der Waals surface area contributed by atoms with E-state index in [0.29, 0.717) is 16.1 Å². The fourth-order valence-corrected chi connectivity index (χ4v) is 4.87. The van der Waals surface area contributed by atoms with Crippen LogP contribution >= 0.6 is 11.6 Å². The maximum atomic E-state index is 13.1. The van der Waals surface area contributed by atoms with Crippen LogP contribution in [0, 0.1) is 0 Å². The maximum absolute atomic E-state index is 13.1. The van der Waals surface area contributed by atoms with E-state index in [0.717, 1.165) is 30.4 Å². The number of hydrogen-bond donors (Lipinski definition) is 1. The molecule has 1 aliphatic rings. The number of carbonyl (C=O) groups is 1. The molecule has 0 unspecified atom stereocenters. The Morgan fingerprint density at radius 1 is 0.882 bits per heavy atom. The molecule has 1 aliphatic carbocycles. The first-order chi connectivity index (χ1) is 16.5. The van der Waals surface area contributed by atoms with Gasteiger partial charge < -0.3 is 5.32 Å². The molecule has 1 heterocycles. The third-order valence-corrected chi connectivity index (χ3v) is 6.65. The van der Waals surface area contributed by atoms with Crippen LogP contribution in [0.5, 0.6) is 0 Å². The quantitative estimate of drug-likeness (QED) is 0.444. The average molecular weight is 474 g/mol. The lowest BCUT2D eigenvalue weighted by Crippen LogP contribution is -2.44. The molecule has 3 aromatic carbocycles. The highest BCUT2D eigenvalue weighted by atomic mass is 35.5. The molecule has 1 amide bonds. The Balaban J connectivity index is 1.47. The van der Waals surface area contributed by atoms with E-state index < -0.39 is 11.1 Å². The zero-order valence-electron chi connectivity index (χ0n) is 18.5. The van der Waals surface area contributed by atoms with Crippen molar-refractivity contribution >= 4 is 28.5 Å². The second-order valence-electron chi connectivity index (χ2n) is 8.61. The number of rotatable bonds is 5. The molecule has 0 spiro atoms. The van der Waals surface area contributed by atoms with Crippen LogP contribution in [0.1, 0.15) is 35.6 Å². The smallest absolute Gasteiger partial charge is 0.317 e. The number of nitrogens with zero attached hydrogens (tertiary/aromatic N) is 2. The second-order valence-corrected chi connectivity index (χ2v) is 9.05. The number of aromatic nitrogens is 2.